The van der Waals surface area contributed by atoms with Gasteiger partial charge in [0.25, 0.3) is 0 Å². The third-order valence-corrected chi connectivity index (χ3v) is 4.63. The van der Waals surface area contributed by atoms with E-state index in [0.29, 0.717) is 34.5 Å². The number of rotatable bonds is 7. The van der Waals surface area contributed by atoms with Crippen LogP contribution in [0.25, 0.3) is 0 Å². The molecule has 0 spiro atoms. The van der Waals surface area contributed by atoms with Crippen LogP contribution in [0, 0.1) is 5.92 Å². The predicted octanol–water partition coefficient (Wildman–Crippen LogP) is 5.29. The summed E-state index contributed by atoms with van der Waals surface area (Å²) < 4.78 is 7.64. The lowest BCUT2D eigenvalue weighted by molar-refractivity contribution is 0.0918. The second kappa shape index (κ2) is 8.39. The van der Waals surface area contributed by atoms with E-state index in [1.807, 2.05) is 23.8 Å². The minimum absolute atomic E-state index is 0.0889. The van der Waals surface area contributed by atoms with Gasteiger partial charge in [-0.1, -0.05) is 36.2 Å². The average molecular weight is 389 g/mol. The fourth-order valence-electron chi connectivity index (χ4n) is 2.59. The second-order valence-corrected chi connectivity index (χ2v) is 6.92. The van der Waals surface area contributed by atoms with E-state index >= 15 is 0 Å². The molecule has 0 aliphatic rings. The summed E-state index contributed by atoms with van der Waals surface area (Å²) in [6, 6.07) is 12.4. The lowest BCUT2D eigenvalue weighted by atomic mass is 9.99. The van der Waals surface area contributed by atoms with E-state index in [1.54, 1.807) is 48.9 Å². The molecule has 134 valence electrons. The van der Waals surface area contributed by atoms with Gasteiger partial charge in [-0.25, -0.2) is 4.98 Å². The molecular formula is C20H18Cl2N2O2. The summed E-state index contributed by atoms with van der Waals surface area (Å²) in [4.78, 5) is 16.5. The van der Waals surface area contributed by atoms with Crippen molar-refractivity contribution in [3.8, 4) is 5.75 Å². The molecule has 0 aliphatic carbocycles. The van der Waals surface area contributed by atoms with Gasteiger partial charge in [0, 0.05) is 46.0 Å². The van der Waals surface area contributed by atoms with Crippen molar-refractivity contribution in [2.24, 2.45) is 5.92 Å². The van der Waals surface area contributed by atoms with E-state index in [9.17, 15) is 4.79 Å². The van der Waals surface area contributed by atoms with Crippen LogP contribution in [-0.4, -0.2) is 15.3 Å². The lowest BCUT2D eigenvalue weighted by Crippen LogP contribution is -2.17. The van der Waals surface area contributed by atoms with E-state index in [-0.39, 0.29) is 11.7 Å². The average Bonchev–Trinajstić information content (AvgIpc) is 3.14. The van der Waals surface area contributed by atoms with E-state index in [2.05, 4.69) is 4.98 Å². The SMILES string of the molecule is CC(Cn1ccnc1)C(=O)c1ccc(OCc2ccc(Cl)cc2Cl)cc1. The fraction of sp³-hybridized carbons (Fsp3) is 0.200. The number of benzene rings is 2. The Balaban J connectivity index is 1.59. The smallest absolute Gasteiger partial charge is 0.167 e. The Morgan fingerprint density at radius 2 is 1.96 bits per heavy atom. The number of hydrogen-bond donors (Lipinski definition) is 0. The van der Waals surface area contributed by atoms with Crippen molar-refractivity contribution >= 4 is 29.0 Å². The van der Waals surface area contributed by atoms with Gasteiger partial charge >= 0.3 is 0 Å². The summed E-state index contributed by atoms with van der Waals surface area (Å²) in [5.41, 5.74) is 1.51. The molecule has 0 aliphatic heterocycles. The highest BCUT2D eigenvalue weighted by Gasteiger charge is 2.15. The topological polar surface area (TPSA) is 44.1 Å². The van der Waals surface area contributed by atoms with Crippen LogP contribution in [-0.2, 0) is 13.2 Å². The predicted molar refractivity (Wildman–Crippen MR) is 103 cm³/mol. The van der Waals surface area contributed by atoms with Crippen LogP contribution in [0.15, 0.2) is 61.2 Å². The van der Waals surface area contributed by atoms with Crippen LogP contribution < -0.4 is 4.74 Å². The summed E-state index contributed by atoms with van der Waals surface area (Å²) in [7, 11) is 0. The van der Waals surface area contributed by atoms with Crippen LogP contribution in [0.2, 0.25) is 10.0 Å². The Kier molecular flexibility index (Phi) is 5.96. The molecule has 0 radical (unpaired) electrons. The van der Waals surface area contributed by atoms with Gasteiger partial charge in [0.1, 0.15) is 12.4 Å². The molecule has 6 heteroatoms. The van der Waals surface area contributed by atoms with Crippen molar-refractivity contribution < 1.29 is 9.53 Å². The van der Waals surface area contributed by atoms with Gasteiger partial charge in [-0.15, -0.1) is 0 Å². The van der Waals surface area contributed by atoms with Gasteiger partial charge in [-0.2, -0.15) is 0 Å². The third kappa shape index (κ3) is 4.65. The monoisotopic (exact) mass is 388 g/mol. The molecule has 4 nitrogen and oxygen atoms in total. The molecule has 1 heterocycles. The Labute approximate surface area is 162 Å². The molecule has 2 aromatic carbocycles. The summed E-state index contributed by atoms with van der Waals surface area (Å²) in [5.74, 6) is 0.629. The Morgan fingerprint density at radius 1 is 1.19 bits per heavy atom. The van der Waals surface area contributed by atoms with Gasteiger partial charge in [-0.3, -0.25) is 4.79 Å². The molecule has 1 atom stereocenters. The number of halogens is 2. The molecule has 1 aromatic heterocycles. The van der Waals surface area contributed by atoms with Crippen LogP contribution in [0.4, 0.5) is 0 Å². The van der Waals surface area contributed by atoms with E-state index in [4.69, 9.17) is 27.9 Å². The standard InChI is InChI=1S/C20H18Cl2N2O2/c1-14(11-24-9-8-23-13-24)20(25)15-3-6-18(7-4-15)26-12-16-2-5-17(21)10-19(16)22/h2-10,13-14H,11-12H2,1H3. The summed E-state index contributed by atoms with van der Waals surface area (Å²) in [6.07, 6.45) is 5.27. The van der Waals surface area contributed by atoms with Crippen LogP contribution in [0.5, 0.6) is 5.75 Å². The van der Waals surface area contributed by atoms with Crippen molar-refractivity contribution in [3.05, 3.63) is 82.4 Å². The first-order chi connectivity index (χ1) is 12.5. The van der Waals surface area contributed by atoms with Crippen molar-refractivity contribution in [2.45, 2.75) is 20.1 Å². The second-order valence-electron chi connectivity index (χ2n) is 6.07. The number of nitrogens with zero attached hydrogens (tertiary/aromatic N) is 2. The van der Waals surface area contributed by atoms with E-state index in [1.165, 1.54) is 0 Å². The highest BCUT2D eigenvalue weighted by atomic mass is 35.5. The molecule has 3 aromatic rings. The summed E-state index contributed by atoms with van der Waals surface area (Å²) in [5, 5.41) is 1.16. The number of Topliss-reactive ketones (excluding diaryl/α,β-unsaturated/α-hetero) is 1. The molecule has 0 saturated heterocycles. The van der Waals surface area contributed by atoms with Crippen molar-refractivity contribution in [1.82, 2.24) is 9.55 Å². The Morgan fingerprint density at radius 3 is 2.62 bits per heavy atom. The van der Waals surface area contributed by atoms with Gasteiger partial charge in [0.05, 0.1) is 6.33 Å². The molecule has 0 fully saturated rings. The summed E-state index contributed by atoms with van der Waals surface area (Å²) in [6.45, 7) is 2.85. The Bertz CT molecular complexity index is 877. The molecule has 1 unspecified atom stereocenters. The zero-order valence-electron chi connectivity index (χ0n) is 14.2. The van der Waals surface area contributed by atoms with Gasteiger partial charge in [0.2, 0.25) is 0 Å². The third-order valence-electron chi connectivity index (χ3n) is 4.04. The van der Waals surface area contributed by atoms with Crippen molar-refractivity contribution in [2.75, 3.05) is 0 Å². The molecule has 0 saturated carbocycles. The number of imidazole rings is 1. The van der Waals surface area contributed by atoms with E-state index in [0.717, 1.165) is 5.56 Å². The van der Waals surface area contributed by atoms with Gasteiger partial charge in [0.15, 0.2) is 5.78 Å². The number of carbonyl (C=O) groups is 1. The zero-order chi connectivity index (χ0) is 18.5. The minimum atomic E-state index is -0.135. The molecule has 26 heavy (non-hydrogen) atoms. The molecular weight excluding hydrogens is 371 g/mol. The zero-order valence-corrected chi connectivity index (χ0v) is 15.7. The highest BCUT2D eigenvalue weighted by molar-refractivity contribution is 6.35. The molecule has 0 bridgehead atoms. The maximum atomic E-state index is 12.5. The van der Waals surface area contributed by atoms with Gasteiger partial charge in [-0.05, 0) is 36.4 Å². The van der Waals surface area contributed by atoms with Crippen LogP contribution >= 0.6 is 23.2 Å². The first kappa shape index (κ1) is 18.5. The van der Waals surface area contributed by atoms with E-state index < -0.39 is 0 Å². The highest BCUT2D eigenvalue weighted by Crippen LogP contribution is 2.23. The minimum Gasteiger partial charge on any atom is -0.489 e. The number of aromatic nitrogens is 2. The molecule has 3 rings (SSSR count). The van der Waals surface area contributed by atoms with Crippen molar-refractivity contribution in [1.29, 1.82) is 0 Å². The largest absolute Gasteiger partial charge is 0.489 e. The Hall–Kier alpha value is -2.30. The van der Waals surface area contributed by atoms with Crippen LogP contribution in [0.3, 0.4) is 0 Å². The maximum absolute atomic E-state index is 12.5. The number of hydrogen-bond acceptors (Lipinski definition) is 3. The van der Waals surface area contributed by atoms with Crippen LogP contribution in [0.1, 0.15) is 22.8 Å². The van der Waals surface area contributed by atoms with Gasteiger partial charge < -0.3 is 9.30 Å². The summed E-state index contributed by atoms with van der Waals surface area (Å²) >= 11 is 12.0. The van der Waals surface area contributed by atoms with Crippen molar-refractivity contribution in [3.63, 3.8) is 0 Å². The molecule has 0 amide bonds. The first-order valence-electron chi connectivity index (χ1n) is 8.19. The number of ketones is 1. The maximum Gasteiger partial charge on any atom is 0.167 e. The normalized spacial score (nSPS) is 12.0. The quantitative estimate of drug-likeness (QED) is 0.516. The molecule has 0 N–H and O–H groups in total. The number of carbonyl (C=O) groups excluding carboxylic acids is 1. The number of ether oxygens (including phenoxy) is 1. The first-order valence-corrected chi connectivity index (χ1v) is 8.95. The lowest BCUT2D eigenvalue weighted by Gasteiger charge is -2.12. The fourth-order valence-corrected chi connectivity index (χ4v) is 3.06.